The number of carbonyl (C=O) groups excluding carboxylic acids is 2. The first-order chi connectivity index (χ1) is 6.67. The predicted octanol–water partition coefficient (Wildman–Crippen LogP) is 0.679. The molecule has 0 saturated heterocycles. The van der Waals surface area contributed by atoms with Crippen molar-refractivity contribution in [1.82, 2.24) is 0 Å². The minimum absolute atomic E-state index is 0.348. The lowest BCUT2D eigenvalue weighted by Gasteiger charge is -2.00. The fourth-order valence-corrected chi connectivity index (χ4v) is 1.64. The summed E-state index contributed by atoms with van der Waals surface area (Å²) in [5.41, 5.74) is 5.26. The van der Waals surface area contributed by atoms with E-state index in [0.29, 0.717) is 22.0 Å². The predicted molar refractivity (Wildman–Crippen MR) is 51.9 cm³/mol. The molecular formula is C7H6N4O2S. The van der Waals surface area contributed by atoms with E-state index in [-0.39, 0.29) is 0 Å². The molecule has 1 aromatic rings. The van der Waals surface area contributed by atoms with E-state index in [4.69, 9.17) is 11.0 Å². The molecule has 1 heterocycles. The van der Waals surface area contributed by atoms with Gasteiger partial charge in [-0.2, -0.15) is 5.26 Å². The number of thiophene rings is 1. The molecule has 0 aliphatic rings. The Bertz CT molecular complexity index is 406. The minimum atomic E-state index is -0.745. The van der Waals surface area contributed by atoms with Gasteiger partial charge in [-0.3, -0.25) is 10.1 Å². The average molecular weight is 210 g/mol. The van der Waals surface area contributed by atoms with E-state index in [9.17, 15) is 9.59 Å². The van der Waals surface area contributed by atoms with Gasteiger partial charge < -0.3 is 11.1 Å². The summed E-state index contributed by atoms with van der Waals surface area (Å²) in [5, 5.41) is 13.6. The summed E-state index contributed by atoms with van der Waals surface area (Å²) in [7, 11) is 0. The zero-order chi connectivity index (χ0) is 10.6. The SMILES string of the molecule is N#Cc1cc(NC=O)c(NC(N)=O)s1. The van der Waals surface area contributed by atoms with E-state index < -0.39 is 6.03 Å². The number of amides is 3. The monoisotopic (exact) mass is 210 g/mol. The first kappa shape index (κ1) is 10.0. The summed E-state index contributed by atoms with van der Waals surface area (Å²) < 4.78 is 0. The highest BCUT2D eigenvalue weighted by molar-refractivity contribution is 7.17. The lowest BCUT2D eigenvalue weighted by molar-refractivity contribution is -0.105. The minimum Gasteiger partial charge on any atom is -0.351 e. The fourth-order valence-electron chi connectivity index (χ4n) is 0.822. The molecule has 3 amide bonds. The smallest absolute Gasteiger partial charge is 0.317 e. The molecule has 14 heavy (non-hydrogen) atoms. The highest BCUT2D eigenvalue weighted by Gasteiger charge is 2.09. The van der Waals surface area contributed by atoms with Gasteiger partial charge in [0.25, 0.3) is 0 Å². The van der Waals surface area contributed by atoms with Crippen molar-refractivity contribution in [3.63, 3.8) is 0 Å². The van der Waals surface area contributed by atoms with Crippen molar-refractivity contribution in [2.45, 2.75) is 0 Å². The van der Waals surface area contributed by atoms with Crippen molar-refractivity contribution in [2.75, 3.05) is 10.6 Å². The summed E-state index contributed by atoms with van der Waals surface area (Å²) in [4.78, 5) is 21.1. The standard InChI is InChI=1S/C7H6N4O2S/c8-2-4-1-5(10-3-12)6(14-4)11-7(9)13/h1,3H,(H,10,12)(H3,9,11,13). The van der Waals surface area contributed by atoms with Crippen LogP contribution in [-0.4, -0.2) is 12.4 Å². The van der Waals surface area contributed by atoms with Crippen molar-refractivity contribution in [1.29, 1.82) is 5.26 Å². The number of primary amides is 1. The molecule has 7 heteroatoms. The molecule has 0 unspecified atom stereocenters. The summed E-state index contributed by atoms with van der Waals surface area (Å²) in [6.45, 7) is 0. The first-order valence-corrected chi connectivity index (χ1v) is 4.29. The van der Waals surface area contributed by atoms with Crippen LogP contribution in [0.25, 0.3) is 0 Å². The van der Waals surface area contributed by atoms with Crippen molar-refractivity contribution in [2.24, 2.45) is 5.73 Å². The molecule has 0 atom stereocenters. The molecule has 1 rings (SSSR count). The van der Waals surface area contributed by atoms with Crippen LogP contribution in [0.15, 0.2) is 6.07 Å². The van der Waals surface area contributed by atoms with Gasteiger partial charge in [0.15, 0.2) is 0 Å². The van der Waals surface area contributed by atoms with Gasteiger partial charge in [-0.15, -0.1) is 11.3 Å². The van der Waals surface area contributed by atoms with Gasteiger partial charge in [-0.05, 0) is 6.07 Å². The summed E-state index contributed by atoms with van der Waals surface area (Å²) in [5.74, 6) is 0. The van der Waals surface area contributed by atoms with Gasteiger partial charge in [-0.1, -0.05) is 0 Å². The first-order valence-electron chi connectivity index (χ1n) is 3.48. The third-order valence-corrected chi connectivity index (χ3v) is 2.25. The van der Waals surface area contributed by atoms with Crippen molar-refractivity contribution in [3.05, 3.63) is 10.9 Å². The van der Waals surface area contributed by atoms with Crippen LogP contribution in [0.1, 0.15) is 4.88 Å². The largest absolute Gasteiger partial charge is 0.351 e. The number of nitrogens with zero attached hydrogens (tertiary/aromatic N) is 1. The molecule has 0 aliphatic heterocycles. The molecule has 0 aliphatic carbocycles. The molecule has 0 aromatic carbocycles. The third kappa shape index (κ3) is 2.21. The number of rotatable bonds is 3. The Morgan fingerprint density at radius 1 is 1.71 bits per heavy atom. The maximum Gasteiger partial charge on any atom is 0.317 e. The molecule has 72 valence electrons. The Hall–Kier alpha value is -2.07. The van der Waals surface area contributed by atoms with Crippen molar-refractivity contribution in [3.8, 4) is 6.07 Å². The van der Waals surface area contributed by atoms with Crippen LogP contribution in [0.2, 0.25) is 0 Å². The summed E-state index contributed by atoms with van der Waals surface area (Å²) in [6, 6.07) is 2.59. The number of nitriles is 1. The van der Waals surface area contributed by atoms with Crippen molar-refractivity contribution >= 4 is 34.5 Å². The number of anilines is 2. The molecule has 1 aromatic heterocycles. The van der Waals surface area contributed by atoms with Gasteiger partial charge in [0.05, 0.1) is 5.69 Å². The van der Waals surface area contributed by atoms with Gasteiger partial charge in [0, 0.05) is 0 Å². The maximum atomic E-state index is 10.5. The average Bonchev–Trinajstić information content (AvgIpc) is 2.48. The van der Waals surface area contributed by atoms with Crippen LogP contribution in [0.4, 0.5) is 15.5 Å². The van der Waals surface area contributed by atoms with Crippen LogP contribution < -0.4 is 16.4 Å². The Kier molecular flexibility index (Phi) is 3.04. The van der Waals surface area contributed by atoms with Crippen LogP contribution in [0, 0.1) is 11.3 Å². The van der Waals surface area contributed by atoms with E-state index >= 15 is 0 Å². The third-order valence-electron chi connectivity index (χ3n) is 1.29. The Morgan fingerprint density at radius 3 is 2.93 bits per heavy atom. The summed E-state index contributed by atoms with van der Waals surface area (Å²) in [6.07, 6.45) is 0.454. The van der Waals surface area contributed by atoms with Gasteiger partial charge in [0.1, 0.15) is 15.9 Å². The lowest BCUT2D eigenvalue weighted by Crippen LogP contribution is -2.19. The van der Waals surface area contributed by atoms with Gasteiger partial charge in [0.2, 0.25) is 6.41 Å². The molecule has 0 bridgehead atoms. The van der Waals surface area contributed by atoms with Gasteiger partial charge in [-0.25, -0.2) is 4.79 Å². The summed E-state index contributed by atoms with van der Waals surface area (Å²) >= 11 is 1.03. The molecule has 0 radical (unpaired) electrons. The van der Waals surface area contributed by atoms with E-state index in [1.54, 1.807) is 0 Å². The van der Waals surface area contributed by atoms with Crippen LogP contribution in [0.5, 0.6) is 0 Å². The molecular weight excluding hydrogens is 204 g/mol. The Morgan fingerprint density at radius 2 is 2.43 bits per heavy atom. The lowest BCUT2D eigenvalue weighted by atomic mass is 10.4. The Balaban J connectivity index is 3.00. The number of carbonyl (C=O) groups is 2. The maximum absolute atomic E-state index is 10.5. The zero-order valence-corrected chi connectivity index (χ0v) is 7.72. The fraction of sp³-hybridized carbons (Fsp3) is 0. The van der Waals surface area contributed by atoms with Crippen LogP contribution in [0.3, 0.4) is 0 Å². The normalized spacial score (nSPS) is 8.79. The molecule has 0 spiro atoms. The van der Waals surface area contributed by atoms with E-state index in [2.05, 4.69) is 10.6 Å². The number of nitrogens with one attached hydrogen (secondary N) is 2. The highest BCUT2D eigenvalue weighted by atomic mass is 32.1. The van der Waals surface area contributed by atoms with E-state index in [0.717, 1.165) is 11.3 Å². The van der Waals surface area contributed by atoms with Crippen LogP contribution >= 0.6 is 11.3 Å². The van der Waals surface area contributed by atoms with E-state index in [1.165, 1.54) is 6.07 Å². The quantitative estimate of drug-likeness (QED) is 0.638. The van der Waals surface area contributed by atoms with Crippen LogP contribution in [-0.2, 0) is 4.79 Å². The number of hydrogen-bond acceptors (Lipinski definition) is 4. The second-order valence-corrected chi connectivity index (χ2v) is 3.27. The zero-order valence-electron chi connectivity index (χ0n) is 6.90. The molecule has 0 saturated carbocycles. The van der Waals surface area contributed by atoms with Crippen molar-refractivity contribution < 1.29 is 9.59 Å². The second-order valence-electron chi connectivity index (χ2n) is 2.22. The molecule has 6 nitrogen and oxygen atoms in total. The number of nitrogens with two attached hydrogens (primary N) is 1. The Labute approximate surface area is 83.3 Å². The van der Waals surface area contributed by atoms with Gasteiger partial charge >= 0.3 is 6.03 Å². The molecule has 0 fully saturated rings. The highest BCUT2D eigenvalue weighted by Crippen LogP contribution is 2.31. The second kappa shape index (κ2) is 4.25. The molecule has 4 N–H and O–H groups in total. The number of hydrogen-bond donors (Lipinski definition) is 3. The number of urea groups is 1. The van der Waals surface area contributed by atoms with E-state index in [1.807, 2.05) is 6.07 Å². The topological polar surface area (TPSA) is 108 Å².